The van der Waals surface area contributed by atoms with E-state index in [1.807, 2.05) is 11.3 Å². The molecule has 0 atom stereocenters. The molecule has 57 heavy (non-hydrogen) atoms. The number of benzene rings is 10. The lowest BCUT2D eigenvalue weighted by Crippen LogP contribution is -2.09. The van der Waals surface area contributed by atoms with Crippen molar-refractivity contribution >= 4 is 103 Å². The largest absolute Gasteiger partial charge is 0.455 e. The fourth-order valence-electron chi connectivity index (χ4n) is 8.92. The maximum atomic E-state index is 6.91. The highest BCUT2D eigenvalue weighted by Gasteiger charge is 2.20. The van der Waals surface area contributed by atoms with E-state index < -0.39 is 0 Å². The average molecular weight is 744 g/mol. The Balaban J connectivity index is 1.01. The van der Waals surface area contributed by atoms with Gasteiger partial charge >= 0.3 is 0 Å². The fraction of sp³-hybridized carbons (Fsp3) is 0. The third-order valence-electron chi connectivity index (χ3n) is 11.6. The minimum atomic E-state index is 0.914. The lowest BCUT2D eigenvalue weighted by Gasteiger charge is -2.26. The Morgan fingerprint density at radius 2 is 0.895 bits per heavy atom. The van der Waals surface area contributed by atoms with E-state index in [0.717, 1.165) is 50.1 Å². The minimum Gasteiger partial charge on any atom is -0.455 e. The number of anilines is 3. The SMILES string of the molecule is c1ccc(-c2ccc(N(c3ccc(-c4cccc5c4oc4c6ccccc6c6ccccc6c54)cc3)c3ccc4sc5cc6ccccc6cc5c4c3)cc2)cc1. The molecule has 0 N–H and O–H groups in total. The summed E-state index contributed by atoms with van der Waals surface area (Å²) in [6.45, 7) is 0. The van der Waals surface area contributed by atoms with Crippen molar-refractivity contribution < 1.29 is 4.42 Å². The van der Waals surface area contributed by atoms with Crippen LogP contribution in [0.2, 0.25) is 0 Å². The molecule has 10 aromatic carbocycles. The fourth-order valence-corrected chi connectivity index (χ4v) is 10.0. The lowest BCUT2D eigenvalue weighted by molar-refractivity contribution is 0.674. The lowest BCUT2D eigenvalue weighted by atomic mass is 9.96. The van der Waals surface area contributed by atoms with Crippen LogP contribution in [0.25, 0.3) is 96.7 Å². The number of nitrogens with zero attached hydrogens (tertiary/aromatic N) is 1. The quantitative estimate of drug-likeness (QED) is 0.163. The van der Waals surface area contributed by atoms with Crippen LogP contribution in [0.1, 0.15) is 0 Å². The van der Waals surface area contributed by atoms with Gasteiger partial charge in [-0.3, -0.25) is 0 Å². The molecule has 0 fully saturated rings. The molecule has 0 amide bonds. The molecule has 0 aliphatic carbocycles. The Morgan fingerprint density at radius 1 is 0.333 bits per heavy atom. The predicted octanol–water partition coefficient (Wildman–Crippen LogP) is 16.2. The molecule has 0 saturated heterocycles. The topological polar surface area (TPSA) is 16.4 Å². The predicted molar refractivity (Wildman–Crippen MR) is 245 cm³/mol. The Hall–Kier alpha value is -7.20. The van der Waals surface area contributed by atoms with Crippen LogP contribution in [0.5, 0.6) is 0 Å². The van der Waals surface area contributed by atoms with Gasteiger partial charge in [0.05, 0.1) is 0 Å². The highest BCUT2D eigenvalue weighted by Crippen LogP contribution is 2.45. The first-order valence-electron chi connectivity index (χ1n) is 19.4. The smallest absolute Gasteiger partial charge is 0.143 e. The highest BCUT2D eigenvalue weighted by atomic mass is 32.1. The molecule has 2 nitrogen and oxygen atoms in total. The first kappa shape index (κ1) is 32.1. The number of hydrogen-bond donors (Lipinski definition) is 0. The first-order chi connectivity index (χ1) is 28.2. The molecule has 12 rings (SSSR count). The Morgan fingerprint density at radius 3 is 1.65 bits per heavy atom. The summed E-state index contributed by atoms with van der Waals surface area (Å²) < 4.78 is 9.51. The third-order valence-corrected chi connectivity index (χ3v) is 12.8. The second kappa shape index (κ2) is 12.7. The van der Waals surface area contributed by atoms with Gasteiger partial charge in [-0.1, -0.05) is 146 Å². The monoisotopic (exact) mass is 743 g/mol. The summed E-state index contributed by atoms with van der Waals surface area (Å²) in [6.07, 6.45) is 0. The van der Waals surface area contributed by atoms with Crippen molar-refractivity contribution in [2.75, 3.05) is 4.90 Å². The van der Waals surface area contributed by atoms with Gasteiger partial charge in [0.2, 0.25) is 0 Å². The van der Waals surface area contributed by atoms with E-state index in [-0.39, 0.29) is 0 Å². The molecule has 0 unspecified atom stereocenters. The summed E-state index contributed by atoms with van der Waals surface area (Å²) in [6, 6.07) is 72.6. The van der Waals surface area contributed by atoms with Gasteiger partial charge in [-0.05, 0) is 98.2 Å². The molecule has 2 heterocycles. The van der Waals surface area contributed by atoms with Gasteiger partial charge in [-0.15, -0.1) is 11.3 Å². The van der Waals surface area contributed by atoms with E-state index in [1.54, 1.807) is 0 Å². The van der Waals surface area contributed by atoms with E-state index in [4.69, 9.17) is 4.42 Å². The molecule has 0 radical (unpaired) electrons. The molecule has 0 aliphatic heterocycles. The zero-order chi connectivity index (χ0) is 37.5. The van der Waals surface area contributed by atoms with E-state index in [9.17, 15) is 0 Å². The number of rotatable bonds is 5. The number of fused-ring (bicyclic) bond motifs is 12. The van der Waals surface area contributed by atoms with E-state index >= 15 is 0 Å². The van der Waals surface area contributed by atoms with Crippen molar-refractivity contribution in [1.82, 2.24) is 0 Å². The molecular weight excluding hydrogens is 711 g/mol. The van der Waals surface area contributed by atoms with Gasteiger partial charge in [-0.25, -0.2) is 0 Å². The number of furan rings is 1. The van der Waals surface area contributed by atoms with Crippen LogP contribution in [0, 0.1) is 0 Å². The second-order valence-electron chi connectivity index (χ2n) is 14.9. The number of hydrogen-bond acceptors (Lipinski definition) is 3. The van der Waals surface area contributed by atoms with Gasteiger partial charge in [0.1, 0.15) is 11.2 Å². The van der Waals surface area contributed by atoms with E-state index in [2.05, 4.69) is 205 Å². The number of thiophene rings is 1. The van der Waals surface area contributed by atoms with E-state index in [1.165, 1.54) is 63.6 Å². The van der Waals surface area contributed by atoms with Crippen LogP contribution >= 0.6 is 11.3 Å². The number of para-hydroxylation sites is 1. The first-order valence-corrected chi connectivity index (χ1v) is 20.2. The average Bonchev–Trinajstić information content (AvgIpc) is 3.85. The Bertz CT molecular complexity index is 3510. The molecule has 3 heteroatoms. The normalized spacial score (nSPS) is 11.9. The summed E-state index contributed by atoms with van der Waals surface area (Å²) >= 11 is 1.86. The van der Waals surface area contributed by atoms with Crippen LogP contribution in [-0.2, 0) is 0 Å². The van der Waals surface area contributed by atoms with Gasteiger partial charge in [-0.2, -0.15) is 0 Å². The van der Waals surface area contributed by atoms with Crippen LogP contribution in [-0.4, -0.2) is 0 Å². The summed E-state index contributed by atoms with van der Waals surface area (Å²) in [5.74, 6) is 0. The van der Waals surface area contributed by atoms with Gasteiger partial charge in [0.25, 0.3) is 0 Å². The highest BCUT2D eigenvalue weighted by molar-refractivity contribution is 7.25. The van der Waals surface area contributed by atoms with Crippen molar-refractivity contribution in [3.05, 3.63) is 200 Å². The summed E-state index contributed by atoms with van der Waals surface area (Å²) in [4.78, 5) is 2.38. The van der Waals surface area contributed by atoms with Crippen molar-refractivity contribution in [1.29, 1.82) is 0 Å². The van der Waals surface area contributed by atoms with E-state index in [0.29, 0.717) is 0 Å². The van der Waals surface area contributed by atoms with Gasteiger partial charge in [0, 0.05) is 59.0 Å². The summed E-state index contributed by atoms with van der Waals surface area (Å²) in [7, 11) is 0. The molecular formula is C54H33NOS. The Labute approximate surface area is 333 Å². The molecule has 2 aromatic heterocycles. The molecule has 266 valence electrons. The van der Waals surface area contributed by atoms with Gasteiger partial charge in [0.15, 0.2) is 0 Å². The van der Waals surface area contributed by atoms with Crippen LogP contribution in [0.3, 0.4) is 0 Å². The second-order valence-corrected chi connectivity index (χ2v) is 15.9. The van der Waals surface area contributed by atoms with Crippen molar-refractivity contribution in [2.24, 2.45) is 0 Å². The molecule has 0 bridgehead atoms. The zero-order valence-electron chi connectivity index (χ0n) is 30.8. The minimum absolute atomic E-state index is 0.914. The maximum Gasteiger partial charge on any atom is 0.143 e. The van der Waals surface area contributed by atoms with Gasteiger partial charge < -0.3 is 9.32 Å². The summed E-state index contributed by atoms with van der Waals surface area (Å²) in [5, 5.41) is 12.2. The molecule has 0 saturated carbocycles. The van der Waals surface area contributed by atoms with Crippen molar-refractivity contribution in [3.63, 3.8) is 0 Å². The van der Waals surface area contributed by atoms with Crippen molar-refractivity contribution in [3.8, 4) is 22.3 Å². The molecule has 0 spiro atoms. The standard InChI is InChI=1S/C54H33NOS/c1-2-11-34(12-3-1)35-21-25-39(26-22-35)55(41-29-30-50-49(33-41)48-31-37-13-4-5-14-38(37)32-51(48)57-50)40-27-23-36(24-28-40)42-19-10-20-47-52-45-17-8-6-15-43(45)44-16-7-9-18-46(44)54(52)56-53(42)47/h1-33H. The zero-order valence-corrected chi connectivity index (χ0v) is 31.6. The van der Waals surface area contributed by atoms with Crippen LogP contribution in [0.4, 0.5) is 17.1 Å². The summed E-state index contributed by atoms with van der Waals surface area (Å²) in [5.41, 5.74) is 9.76. The molecule has 12 aromatic rings. The third kappa shape index (κ3) is 5.10. The van der Waals surface area contributed by atoms with Crippen molar-refractivity contribution in [2.45, 2.75) is 0 Å². The van der Waals surface area contributed by atoms with Crippen LogP contribution in [0.15, 0.2) is 205 Å². The molecule has 0 aliphatic rings. The maximum absolute atomic E-state index is 6.91. The Kier molecular flexibility index (Phi) is 7.13. The van der Waals surface area contributed by atoms with Crippen LogP contribution < -0.4 is 4.90 Å².